The lowest BCUT2D eigenvalue weighted by atomic mass is 10.5. The van der Waals surface area contributed by atoms with E-state index >= 15 is 0 Å². The lowest BCUT2D eigenvalue weighted by molar-refractivity contribution is 0.973. The quantitative estimate of drug-likeness (QED) is 0.482. The van der Waals surface area contributed by atoms with E-state index in [1.54, 1.807) is 0 Å². The molecule has 66 valence electrons. The molecule has 0 bridgehead atoms. The molecule has 0 heterocycles. The third kappa shape index (κ3) is 26.7. The van der Waals surface area contributed by atoms with Gasteiger partial charge in [0.1, 0.15) is 0 Å². The van der Waals surface area contributed by atoms with Gasteiger partial charge in [-0.2, -0.15) is 0 Å². The number of nitrogens with two attached hydrogens (primary N) is 1. The van der Waals surface area contributed by atoms with Gasteiger partial charge in [0.2, 0.25) is 0 Å². The van der Waals surface area contributed by atoms with Gasteiger partial charge in [-0.3, -0.25) is 4.99 Å². The summed E-state index contributed by atoms with van der Waals surface area (Å²) >= 11 is 0. The predicted molar refractivity (Wildman–Crippen MR) is 53.2 cm³/mol. The van der Waals surface area contributed by atoms with Crippen LogP contribution in [0.1, 0.15) is 27.7 Å². The van der Waals surface area contributed by atoms with Gasteiger partial charge in [-0.25, -0.2) is 0 Å². The highest BCUT2D eigenvalue weighted by atomic mass is 14.8. The van der Waals surface area contributed by atoms with Crippen LogP contribution < -0.4 is 5.73 Å². The molecular weight excluding hydrogens is 136 g/mol. The highest BCUT2D eigenvalue weighted by Gasteiger charge is 1.73. The van der Waals surface area contributed by atoms with Gasteiger partial charge < -0.3 is 5.73 Å². The fourth-order valence-electron chi connectivity index (χ4n) is 0.288. The van der Waals surface area contributed by atoms with E-state index < -0.39 is 0 Å². The van der Waals surface area contributed by atoms with Crippen LogP contribution in [-0.4, -0.2) is 18.8 Å². The van der Waals surface area contributed by atoms with Crippen molar-refractivity contribution in [1.29, 1.82) is 0 Å². The van der Waals surface area contributed by atoms with Gasteiger partial charge in [0.25, 0.3) is 0 Å². The van der Waals surface area contributed by atoms with Gasteiger partial charge >= 0.3 is 0 Å². The minimum atomic E-state index is 0.658. The molecule has 0 saturated carbocycles. The predicted octanol–water partition coefficient (Wildman–Crippen LogP) is 2.01. The van der Waals surface area contributed by atoms with Gasteiger partial charge in [-0.05, 0) is 27.7 Å². The van der Waals surface area contributed by atoms with E-state index in [1.165, 1.54) is 0 Å². The number of rotatable bonds is 2. The smallest absolute Gasteiger partial charge is 0.0511 e. The second kappa shape index (κ2) is 12.1. The van der Waals surface area contributed by atoms with Crippen LogP contribution in [-0.2, 0) is 0 Å². The highest BCUT2D eigenvalue weighted by Crippen LogP contribution is 1.70. The second-order valence-corrected chi connectivity index (χ2v) is 2.28. The molecule has 0 aromatic carbocycles. The maximum Gasteiger partial charge on any atom is 0.0511 e. The van der Waals surface area contributed by atoms with Gasteiger partial charge in [-0.15, -0.1) is 0 Å². The number of allylic oxidation sites excluding steroid dienone is 2. The highest BCUT2D eigenvalue weighted by molar-refractivity contribution is 5.78. The third-order valence-electron chi connectivity index (χ3n) is 0.890. The van der Waals surface area contributed by atoms with Crippen LogP contribution in [0.15, 0.2) is 17.1 Å². The molecule has 0 saturated heterocycles. The fraction of sp³-hybridized carbons (Fsp3) is 0.667. The van der Waals surface area contributed by atoms with Crippen LogP contribution >= 0.6 is 0 Å². The largest absolute Gasteiger partial charge is 0.329 e. The SMILES string of the molecule is C/C=C\C.CC(C)=NCCN. The van der Waals surface area contributed by atoms with Crippen LogP contribution in [0.25, 0.3) is 0 Å². The summed E-state index contributed by atoms with van der Waals surface area (Å²) in [6.45, 7) is 9.36. The molecule has 0 fully saturated rings. The van der Waals surface area contributed by atoms with E-state index in [0.717, 1.165) is 12.3 Å². The molecule has 2 nitrogen and oxygen atoms in total. The van der Waals surface area contributed by atoms with Gasteiger partial charge in [0.05, 0.1) is 6.54 Å². The molecule has 2 heteroatoms. The summed E-state index contributed by atoms with van der Waals surface area (Å²) in [5.41, 5.74) is 6.27. The summed E-state index contributed by atoms with van der Waals surface area (Å²) in [7, 11) is 0. The Bertz CT molecular complexity index is 107. The van der Waals surface area contributed by atoms with E-state index in [2.05, 4.69) is 4.99 Å². The molecule has 0 aliphatic rings. The zero-order valence-electron chi connectivity index (χ0n) is 8.09. The summed E-state index contributed by atoms with van der Waals surface area (Å²) in [5, 5.41) is 0. The zero-order valence-corrected chi connectivity index (χ0v) is 8.09. The van der Waals surface area contributed by atoms with Crippen molar-refractivity contribution in [3.05, 3.63) is 12.2 Å². The summed E-state index contributed by atoms with van der Waals surface area (Å²) in [6, 6.07) is 0. The average Bonchev–Trinajstić information content (AvgIpc) is 2.01. The fourth-order valence-corrected chi connectivity index (χ4v) is 0.288. The van der Waals surface area contributed by atoms with Crippen LogP contribution in [0.5, 0.6) is 0 Å². The van der Waals surface area contributed by atoms with E-state index in [-0.39, 0.29) is 0 Å². The van der Waals surface area contributed by atoms with Crippen LogP contribution in [0.4, 0.5) is 0 Å². The average molecular weight is 156 g/mol. The topological polar surface area (TPSA) is 38.4 Å². The molecule has 11 heavy (non-hydrogen) atoms. The summed E-state index contributed by atoms with van der Waals surface area (Å²) in [6.07, 6.45) is 4.00. The van der Waals surface area contributed by atoms with E-state index in [1.807, 2.05) is 39.8 Å². The normalized spacial score (nSPS) is 8.82. The number of hydrogen-bond donors (Lipinski definition) is 1. The lowest BCUT2D eigenvalue weighted by Crippen LogP contribution is -2.03. The van der Waals surface area contributed by atoms with Crippen molar-refractivity contribution in [3.8, 4) is 0 Å². The van der Waals surface area contributed by atoms with Crippen LogP contribution in [0.2, 0.25) is 0 Å². The summed E-state index contributed by atoms with van der Waals surface area (Å²) < 4.78 is 0. The molecule has 0 amide bonds. The molecule has 0 radical (unpaired) electrons. The Kier molecular flexibility index (Phi) is 14.3. The first-order valence-electron chi connectivity index (χ1n) is 3.94. The molecular formula is C9H20N2. The van der Waals surface area contributed by atoms with Crippen molar-refractivity contribution in [2.75, 3.05) is 13.1 Å². The third-order valence-corrected chi connectivity index (χ3v) is 0.890. The van der Waals surface area contributed by atoms with Crippen molar-refractivity contribution in [2.45, 2.75) is 27.7 Å². The first-order valence-corrected chi connectivity index (χ1v) is 3.94. The minimum Gasteiger partial charge on any atom is -0.329 e. The molecule has 0 aliphatic heterocycles. The van der Waals surface area contributed by atoms with E-state index in [9.17, 15) is 0 Å². The maximum atomic E-state index is 5.17. The van der Waals surface area contributed by atoms with Crippen molar-refractivity contribution >= 4 is 5.71 Å². The number of aliphatic imine (C=N–C) groups is 1. The molecule has 0 aromatic heterocycles. The first-order chi connectivity index (χ1) is 5.18. The Balaban J connectivity index is 0. The summed E-state index contributed by atoms with van der Waals surface area (Å²) in [5.74, 6) is 0. The molecule has 0 spiro atoms. The second-order valence-electron chi connectivity index (χ2n) is 2.28. The molecule has 0 unspecified atom stereocenters. The Morgan fingerprint density at radius 1 is 1.27 bits per heavy atom. The Hall–Kier alpha value is -0.630. The van der Waals surface area contributed by atoms with Gasteiger partial charge in [0.15, 0.2) is 0 Å². The van der Waals surface area contributed by atoms with Gasteiger partial charge in [-0.1, -0.05) is 12.2 Å². The van der Waals surface area contributed by atoms with Crippen LogP contribution in [0.3, 0.4) is 0 Å². The molecule has 0 atom stereocenters. The number of hydrogen-bond acceptors (Lipinski definition) is 2. The maximum absolute atomic E-state index is 5.17. The Morgan fingerprint density at radius 3 is 1.82 bits per heavy atom. The molecule has 0 aliphatic carbocycles. The first kappa shape index (κ1) is 13.0. The van der Waals surface area contributed by atoms with E-state index in [4.69, 9.17) is 5.73 Å². The van der Waals surface area contributed by atoms with E-state index in [0.29, 0.717) is 6.54 Å². The standard InChI is InChI=1S/C5H12N2.C4H8/c1-5(2)7-4-3-6;1-3-4-2/h3-4,6H2,1-2H3;3-4H,1-2H3/b;4-3-. The lowest BCUT2D eigenvalue weighted by Gasteiger charge is -1.86. The zero-order chi connectivity index (χ0) is 9.11. The monoisotopic (exact) mass is 156 g/mol. The van der Waals surface area contributed by atoms with Crippen molar-refractivity contribution < 1.29 is 0 Å². The Morgan fingerprint density at radius 2 is 1.73 bits per heavy atom. The minimum absolute atomic E-state index is 0.658. The van der Waals surface area contributed by atoms with Crippen molar-refractivity contribution in [1.82, 2.24) is 0 Å². The van der Waals surface area contributed by atoms with Crippen LogP contribution in [0, 0.1) is 0 Å². The molecule has 0 rings (SSSR count). The number of nitrogens with zero attached hydrogens (tertiary/aromatic N) is 1. The molecule has 0 aromatic rings. The van der Waals surface area contributed by atoms with Crippen molar-refractivity contribution in [2.24, 2.45) is 10.7 Å². The molecule has 2 N–H and O–H groups in total. The summed E-state index contributed by atoms with van der Waals surface area (Å²) in [4.78, 5) is 4.03. The van der Waals surface area contributed by atoms with Crippen molar-refractivity contribution in [3.63, 3.8) is 0 Å². The van der Waals surface area contributed by atoms with Gasteiger partial charge in [0, 0.05) is 12.3 Å². The Labute approximate surface area is 70.2 Å².